The Labute approximate surface area is 151 Å². The molecule has 134 valence electrons. The van der Waals surface area contributed by atoms with E-state index in [-0.39, 0.29) is 5.78 Å². The molecule has 0 amide bonds. The van der Waals surface area contributed by atoms with Gasteiger partial charge in [-0.05, 0) is 42.9 Å². The summed E-state index contributed by atoms with van der Waals surface area (Å²) in [5.41, 5.74) is 3.71. The van der Waals surface area contributed by atoms with E-state index in [0.29, 0.717) is 6.42 Å². The zero-order valence-corrected chi connectivity index (χ0v) is 15.8. The van der Waals surface area contributed by atoms with Crippen molar-refractivity contribution in [3.63, 3.8) is 0 Å². The van der Waals surface area contributed by atoms with Gasteiger partial charge in [0.05, 0.1) is 0 Å². The van der Waals surface area contributed by atoms with Gasteiger partial charge in [-0.2, -0.15) is 0 Å². The molecule has 3 nitrogen and oxygen atoms in total. The van der Waals surface area contributed by atoms with E-state index >= 15 is 0 Å². The Morgan fingerprint density at radius 2 is 1.48 bits per heavy atom. The second kappa shape index (κ2) is 8.95. The molecule has 0 radical (unpaired) electrons. The van der Waals surface area contributed by atoms with Gasteiger partial charge in [-0.15, -0.1) is 0 Å². The fraction of sp³-hybridized carbons (Fsp3) is 0.381. The fourth-order valence-corrected chi connectivity index (χ4v) is 4.25. The monoisotopic (exact) mass is 358 g/mol. The van der Waals surface area contributed by atoms with Crippen molar-refractivity contribution in [2.45, 2.75) is 44.3 Å². The molecule has 1 unspecified atom stereocenters. The number of carbonyl (C=O) groups is 1. The molecule has 0 aliphatic carbocycles. The summed E-state index contributed by atoms with van der Waals surface area (Å²) in [6.07, 6.45) is 5.24. The largest absolute Gasteiger partial charge is 0.299 e. The quantitative estimate of drug-likeness (QED) is 0.622. The fourth-order valence-electron chi connectivity index (χ4n) is 3.05. The van der Waals surface area contributed by atoms with Crippen LogP contribution in [0.3, 0.4) is 0 Å². The van der Waals surface area contributed by atoms with E-state index in [9.17, 15) is 13.2 Å². The van der Waals surface area contributed by atoms with Crippen LogP contribution < -0.4 is 0 Å². The van der Waals surface area contributed by atoms with Crippen molar-refractivity contribution in [3.05, 3.63) is 60.2 Å². The first kappa shape index (κ1) is 19.4. The topological polar surface area (TPSA) is 51.2 Å². The molecule has 0 aromatic heterocycles. The van der Waals surface area contributed by atoms with Crippen molar-refractivity contribution in [2.24, 2.45) is 0 Å². The summed E-state index contributed by atoms with van der Waals surface area (Å²) in [4.78, 5) is 11.4. The zero-order chi connectivity index (χ0) is 18.3. The molecule has 2 aromatic carbocycles. The minimum absolute atomic E-state index is 0.251. The van der Waals surface area contributed by atoms with Crippen LogP contribution in [0.25, 0.3) is 11.1 Å². The van der Waals surface area contributed by atoms with E-state index in [2.05, 4.69) is 36.4 Å². The Bertz CT molecular complexity index is 778. The predicted octanol–water partition coefficient (Wildman–Crippen LogP) is 4.46. The van der Waals surface area contributed by atoms with Gasteiger partial charge >= 0.3 is 0 Å². The van der Waals surface area contributed by atoms with E-state index < -0.39 is 15.1 Å². The van der Waals surface area contributed by atoms with Gasteiger partial charge in [-0.25, -0.2) is 8.42 Å². The van der Waals surface area contributed by atoms with Crippen LogP contribution in [-0.4, -0.2) is 25.7 Å². The first-order valence-corrected chi connectivity index (χ1v) is 10.7. The third-order valence-electron chi connectivity index (χ3n) is 4.46. The van der Waals surface area contributed by atoms with Gasteiger partial charge in [0.15, 0.2) is 9.84 Å². The van der Waals surface area contributed by atoms with Crippen LogP contribution in [0.1, 0.15) is 38.2 Å². The summed E-state index contributed by atoms with van der Waals surface area (Å²) in [5, 5.41) is -0.836. The van der Waals surface area contributed by atoms with Crippen molar-refractivity contribution in [2.75, 3.05) is 6.26 Å². The lowest BCUT2D eigenvalue weighted by molar-refractivity contribution is -0.116. The van der Waals surface area contributed by atoms with Gasteiger partial charge in [0.25, 0.3) is 0 Å². The van der Waals surface area contributed by atoms with Crippen molar-refractivity contribution < 1.29 is 13.2 Å². The number of benzene rings is 2. The molecule has 0 N–H and O–H groups in total. The van der Waals surface area contributed by atoms with Crippen molar-refractivity contribution in [3.8, 4) is 11.1 Å². The van der Waals surface area contributed by atoms with Gasteiger partial charge in [-0.3, -0.25) is 4.79 Å². The summed E-state index contributed by atoms with van der Waals surface area (Å²) in [6.45, 7) is 1.36. The van der Waals surface area contributed by atoms with E-state index in [0.717, 1.165) is 31.9 Å². The lowest BCUT2D eigenvalue weighted by Crippen LogP contribution is -2.27. The van der Waals surface area contributed by atoms with E-state index in [1.807, 2.05) is 18.2 Å². The van der Waals surface area contributed by atoms with Gasteiger partial charge < -0.3 is 0 Å². The van der Waals surface area contributed by atoms with Gasteiger partial charge in [0.2, 0.25) is 0 Å². The highest BCUT2D eigenvalue weighted by molar-refractivity contribution is 7.92. The highest BCUT2D eigenvalue weighted by Crippen LogP contribution is 2.20. The summed E-state index contributed by atoms with van der Waals surface area (Å²) in [5.74, 6) is -0.251. The number of carbonyl (C=O) groups excluding carboxylic acids is 1. The Morgan fingerprint density at radius 3 is 2.04 bits per heavy atom. The minimum Gasteiger partial charge on any atom is -0.299 e. The number of aryl methyl sites for hydroxylation is 1. The Kier molecular flexibility index (Phi) is 6.94. The Balaban J connectivity index is 1.78. The van der Waals surface area contributed by atoms with Crippen molar-refractivity contribution in [1.29, 1.82) is 0 Å². The molecule has 0 aliphatic heterocycles. The van der Waals surface area contributed by atoms with Crippen LogP contribution in [0.2, 0.25) is 0 Å². The Morgan fingerprint density at radius 1 is 0.880 bits per heavy atom. The molecule has 0 bridgehead atoms. The maximum atomic E-state index is 11.6. The van der Waals surface area contributed by atoms with E-state index in [4.69, 9.17) is 0 Å². The Hall–Kier alpha value is -1.94. The predicted molar refractivity (Wildman–Crippen MR) is 103 cm³/mol. The number of ketones is 1. The van der Waals surface area contributed by atoms with Crippen molar-refractivity contribution in [1.82, 2.24) is 0 Å². The molecule has 0 aliphatic rings. The highest BCUT2D eigenvalue weighted by Gasteiger charge is 2.24. The number of hydrogen-bond acceptors (Lipinski definition) is 3. The number of Topliss-reactive ketones (excluding diaryl/α,β-unsaturated/α-hetero) is 1. The van der Waals surface area contributed by atoms with Crippen LogP contribution in [0.4, 0.5) is 0 Å². The number of sulfone groups is 1. The molecule has 4 heteroatoms. The minimum atomic E-state index is -3.28. The summed E-state index contributed by atoms with van der Waals surface area (Å²) < 4.78 is 23.2. The van der Waals surface area contributed by atoms with E-state index in [1.54, 1.807) is 0 Å². The van der Waals surface area contributed by atoms with Gasteiger partial charge in [0, 0.05) is 6.26 Å². The second-order valence-corrected chi connectivity index (χ2v) is 8.82. The van der Waals surface area contributed by atoms with Crippen LogP contribution in [0, 0.1) is 0 Å². The average molecular weight is 359 g/mol. The summed E-state index contributed by atoms with van der Waals surface area (Å²) in [6, 6.07) is 18.9. The van der Waals surface area contributed by atoms with Gasteiger partial charge in [-0.1, -0.05) is 67.4 Å². The van der Waals surface area contributed by atoms with Crippen molar-refractivity contribution >= 4 is 15.6 Å². The maximum absolute atomic E-state index is 11.6. The SMILES string of the molecule is CC(=O)C(CCCCCc1ccc(-c2ccccc2)cc1)S(C)(=O)=O. The molecule has 25 heavy (non-hydrogen) atoms. The molecule has 0 heterocycles. The van der Waals surface area contributed by atoms with Crippen LogP contribution >= 0.6 is 0 Å². The lowest BCUT2D eigenvalue weighted by Gasteiger charge is -2.11. The zero-order valence-electron chi connectivity index (χ0n) is 14.9. The normalized spacial score (nSPS) is 12.7. The molecule has 2 aromatic rings. The number of hydrogen-bond donors (Lipinski definition) is 0. The molecule has 0 spiro atoms. The summed E-state index contributed by atoms with van der Waals surface area (Å²) >= 11 is 0. The molecular weight excluding hydrogens is 332 g/mol. The van der Waals surface area contributed by atoms with Crippen LogP contribution in [0.5, 0.6) is 0 Å². The average Bonchev–Trinajstić information content (AvgIpc) is 2.58. The standard InChI is InChI=1S/C21H26O3S/c1-17(22)21(25(2,23)24)12-8-3-5-9-18-13-15-20(16-14-18)19-10-6-4-7-11-19/h4,6-7,10-11,13-16,21H,3,5,8-9,12H2,1-2H3. The lowest BCUT2D eigenvalue weighted by atomic mass is 10.0. The third-order valence-corrected chi connectivity index (χ3v) is 6.06. The summed E-state index contributed by atoms with van der Waals surface area (Å²) in [7, 11) is -3.28. The maximum Gasteiger partial charge on any atom is 0.157 e. The van der Waals surface area contributed by atoms with Crippen LogP contribution in [-0.2, 0) is 21.1 Å². The smallest absolute Gasteiger partial charge is 0.157 e. The number of unbranched alkanes of at least 4 members (excludes halogenated alkanes) is 2. The molecule has 1 atom stereocenters. The molecule has 2 rings (SSSR count). The molecule has 0 saturated carbocycles. The highest BCUT2D eigenvalue weighted by atomic mass is 32.2. The first-order valence-electron chi connectivity index (χ1n) is 8.71. The second-order valence-electron chi connectivity index (χ2n) is 6.59. The van der Waals surface area contributed by atoms with Crippen LogP contribution in [0.15, 0.2) is 54.6 Å². The number of rotatable bonds is 9. The molecular formula is C21H26O3S. The molecule has 0 saturated heterocycles. The first-order chi connectivity index (χ1) is 11.9. The third kappa shape index (κ3) is 6.13. The van der Waals surface area contributed by atoms with E-state index in [1.165, 1.54) is 23.6 Å². The van der Waals surface area contributed by atoms with Gasteiger partial charge in [0.1, 0.15) is 11.0 Å². The molecule has 0 fully saturated rings.